The second-order valence-corrected chi connectivity index (χ2v) is 7.34. The van der Waals surface area contributed by atoms with E-state index in [4.69, 9.17) is 22.1 Å². The topological polar surface area (TPSA) is 127 Å². The third-order valence-corrected chi connectivity index (χ3v) is 3.76. The summed E-state index contributed by atoms with van der Waals surface area (Å²) in [5.41, 5.74) is 6.95. The number of alkyl carbamates (subject to hydrolysis) is 1. The Morgan fingerprint density at radius 3 is 2.72 bits per heavy atom. The molecule has 0 unspecified atom stereocenters. The number of nitrogens with one attached hydrogen (secondary N) is 2. The summed E-state index contributed by atoms with van der Waals surface area (Å²) >= 11 is 6.36. The van der Waals surface area contributed by atoms with Crippen LogP contribution in [0.15, 0.2) is 41.4 Å². The molecule has 1 aromatic heterocycles. The van der Waals surface area contributed by atoms with Crippen LogP contribution in [0.3, 0.4) is 0 Å². The SMILES string of the molecule is CN=C/C(=C\N)Nc1ncnc(-c2ccc(CNC(=O)OC(C)(C)C)c(Cl)c2)n1. The van der Waals surface area contributed by atoms with Crippen LogP contribution >= 0.6 is 11.6 Å². The predicted molar refractivity (Wildman–Crippen MR) is 114 cm³/mol. The number of aliphatic imine (C=N–C) groups is 1. The molecule has 154 valence electrons. The van der Waals surface area contributed by atoms with Crippen molar-refractivity contribution < 1.29 is 9.53 Å². The zero-order chi connectivity index (χ0) is 21.4. The number of nitrogens with two attached hydrogens (primary N) is 1. The van der Waals surface area contributed by atoms with Gasteiger partial charge in [0.2, 0.25) is 5.95 Å². The average molecular weight is 418 g/mol. The minimum Gasteiger partial charge on any atom is -0.444 e. The number of anilines is 1. The van der Waals surface area contributed by atoms with E-state index in [9.17, 15) is 4.79 Å². The molecule has 10 heteroatoms. The van der Waals surface area contributed by atoms with Gasteiger partial charge in [0.05, 0.1) is 5.70 Å². The van der Waals surface area contributed by atoms with Crippen LogP contribution in [0.1, 0.15) is 26.3 Å². The molecule has 0 radical (unpaired) electrons. The number of amides is 1. The summed E-state index contributed by atoms with van der Waals surface area (Å²) in [5.74, 6) is 0.749. The Labute approximate surface area is 174 Å². The van der Waals surface area contributed by atoms with Crippen LogP contribution in [0.4, 0.5) is 10.7 Å². The lowest BCUT2D eigenvalue weighted by molar-refractivity contribution is 0.0523. The molecule has 1 amide bonds. The van der Waals surface area contributed by atoms with Gasteiger partial charge in [0.1, 0.15) is 11.9 Å². The van der Waals surface area contributed by atoms with Crippen molar-refractivity contribution in [3.8, 4) is 11.4 Å². The van der Waals surface area contributed by atoms with E-state index in [1.165, 1.54) is 12.5 Å². The van der Waals surface area contributed by atoms with Crippen molar-refractivity contribution in [3.63, 3.8) is 0 Å². The van der Waals surface area contributed by atoms with E-state index in [1.54, 1.807) is 46.2 Å². The number of rotatable bonds is 6. The van der Waals surface area contributed by atoms with Gasteiger partial charge >= 0.3 is 6.09 Å². The van der Waals surface area contributed by atoms with Crippen LogP contribution in [0.25, 0.3) is 11.4 Å². The van der Waals surface area contributed by atoms with Gasteiger partial charge in [-0.05, 0) is 32.4 Å². The molecule has 0 aliphatic rings. The molecule has 0 fully saturated rings. The Kier molecular flexibility index (Phi) is 7.49. The van der Waals surface area contributed by atoms with Gasteiger partial charge in [-0.25, -0.2) is 14.8 Å². The van der Waals surface area contributed by atoms with Gasteiger partial charge in [-0.3, -0.25) is 4.99 Å². The largest absolute Gasteiger partial charge is 0.444 e. The second-order valence-electron chi connectivity index (χ2n) is 6.93. The van der Waals surface area contributed by atoms with Crippen LogP contribution in [0, 0.1) is 0 Å². The van der Waals surface area contributed by atoms with Crippen molar-refractivity contribution in [1.82, 2.24) is 20.3 Å². The van der Waals surface area contributed by atoms with E-state index in [2.05, 4.69) is 30.6 Å². The Morgan fingerprint density at radius 1 is 1.34 bits per heavy atom. The molecular weight excluding hydrogens is 394 g/mol. The van der Waals surface area contributed by atoms with Gasteiger partial charge < -0.3 is 21.1 Å². The number of halogens is 1. The minimum absolute atomic E-state index is 0.235. The lowest BCUT2D eigenvalue weighted by Crippen LogP contribution is -2.32. The Morgan fingerprint density at radius 2 is 2.10 bits per heavy atom. The van der Waals surface area contributed by atoms with Crippen LogP contribution in [0.2, 0.25) is 5.02 Å². The van der Waals surface area contributed by atoms with Crippen molar-refractivity contribution >= 4 is 29.9 Å². The third kappa shape index (κ3) is 7.04. The highest BCUT2D eigenvalue weighted by Crippen LogP contribution is 2.24. The highest BCUT2D eigenvalue weighted by atomic mass is 35.5. The molecule has 0 aliphatic heterocycles. The van der Waals surface area contributed by atoms with Crippen molar-refractivity contribution in [2.24, 2.45) is 10.7 Å². The van der Waals surface area contributed by atoms with E-state index in [0.717, 1.165) is 5.56 Å². The zero-order valence-corrected chi connectivity index (χ0v) is 17.5. The fourth-order valence-electron chi connectivity index (χ4n) is 2.19. The van der Waals surface area contributed by atoms with E-state index >= 15 is 0 Å². The zero-order valence-electron chi connectivity index (χ0n) is 16.7. The lowest BCUT2D eigenvalue weighted by Gasteiger charge is -2.19. The van der Waals surface area contributed by atoms with Gasteiger partial charge in [-0.15, -0.1) is 0 Å². The fraction of sp³-hybridized carbons (Fsp3) is 0.316. The number of hydrogen-bond acceptors (Lipinski definition) is 8. The van der Waals surface area contributed by atoms with E-state index < -0.39 is 11.7 Å². The normalized spacial score (nSPS) is 12.1. The summed E-state index contributed by atoms with van der Waals surface area (Å²) in [6.45, 7) is 5.63. The maximum absolute atomic E-state index is 11.8. The molecule has 1 aromatic carbocycles. The molecule has 29 heavy (non-hydrogen) atoms. The highest BCUT2D eigenvalue weighted by Gasteiger charge is 2.16. The van der Waals surface area contributed by atoms with Gasteiger partial charge in [-0.2, -0.15) is 4.98 Å². The monoisotopic (exact) mass is 417 g/mol. The second kappa shape index (κ2) is 9.83. The average Bonchev–Trinajstić information content (AvgIpc) is 2.65. The number of nitrogens with zero attached hydrogens (tertiary/aromatic N) is 4. The van der Waals surface area contributed by atoms with Crippen LogP contribution in [-0.2, 0) is 11.3 Å². The summed E-state index contributed by atoms with van der Waals surface area (Å²) in [5, 5.41) is 6.09. The minimum atomic E-state index is -0.565. The molecule has 1 heterocycles. The smallest absolute Gasteiger partial charge is 0.407 e. The van der Waals surface area contributed by atoms with E-state index in [-0.39, 0.29) is 6.54 Å². The molecule has 0 atom stereocenters. The first-order valence-corrected chi connectivity index (χ1v) is 9.15. The third-order valence-electron chi connectivity index (χ3n) is 3.41. The van der Waals surface area contributed by atoms with Gasteiger partial charge in [-0.1, -0.05) is 23.7 Å². The highest BCUT2D eigenvalue weighted by molar-refractivity contribution is 6.31. The number of allylic oxidation sites excluding steroid dienone is 1. The maximum Gasteiger partial charge on any atom is 0.407 e. The van der Waals surface area contributed by atoms with Gasteiger partial charge in [0.25, 0.3) is 0 Å². The van der Waals surface area contributed by atoms with Gasteiger partial charge in [0.15, 0.2) is 5.82 Å². The fourth-order valence-corrected chi connectivity index (χ4v) is 2.44. The number of carbonyl (C=O) groups is 1. The van der Waals surface area contributed by atoms with Gasteiger partial charge in [0, 0.05) is 36.6 Å². The van der Waals surface area contributed by atoms with Crippen molar-refractivity contribution in [1.29, 1.82) is 0 Å². The number of ether oxygens (including phenoxy) is 1. The molecule has 0 spiro atoms. The standard InChI is InChI=1S/C19H24ClN7O2/c1-19(2,3)29-18(28)23-9-13-6-5-12(7-15(13)20)16-24-11-25-17(27-16)26-14(8-21)10-22-4/h5-8,10-11H,9,21H2,1-4H3,(H,23,28)(H,24,25,26,27)/b14-8+,22-10?. The Bertz CT molecular complexity index is 923. The number of aromatic nitrogens is 3. The molecule has 2 rings (SSSR count). The molecule has 0 bridgehead atoms. The predicted octanol–water partition coefficient (Wildman–Crippen LogP) is 3.13. The molecular formula is C19H24ClN7O2. The van der Waals surface area contributed by atoms with E-state index in [0.29, 0.717) is 28.1 Å². The number of benzene rings is 1. The summed E-state index contributed by atoms with van der Waals surface area (Å²) in [6.07, 6.45) is 3.78. The molecule has 4 N–H and O–H groups in total. The first-order valence-electron chi connectivity index (χ1n) is 8.77. The molecule has 0 aliphatic carbocycles. The van der Waals surface area contributed by atoms with Crippen LogP contribution in [-0.4, -0.2) is 39.9 Å². The summed E-state index contributed by atoms with van der Waals surface area (Å²) < 4.78 is 5.21. The maximum atomic E-state index is 11.8. The Hall–Kier alpha value is -3.20. The van der Waals surface area contributed by atoms with Crippen molar-refractivity contribution in [3.05, 3.63) is 47.0 Å². The Balaban J connectivity index is 2.12. The number of carbonyl (C=O) groups excluding carboxylic acids is 1. The lowest BCUT2D eigenvalue weighted by atomic mass is 10.1. The molecule has 0 saturated heterocycles. The van der Waals surface area contributed by atoms with Crippen LogP contribution in [0.5, 0.6) is 0 Å². The quantitative estimate of drug-likeness (QED) is 0.616. The van der Waals surface area contributed by atoms with E-state index in [1.807, 2.05) is 6.07 Å². The summed E-state index contributed by atoms with van der Waals surface area (Å²) in [4.78, 5) is 28.3. The first kappa shape index (κ1) is 22.1. The molecule has 0 saturated carbocycles. The molecule has 2 aromatic rings. The summed E-state index contributed by atoms with van der Waals surface area (Å²) in [6, 6.07) is 5.32. The van der Waals surface area contributed by atoms with Crippen molar-refractivity contribution in [2.75, 3.05) is 12.4 Å². The number of hydrogen-bond donors (Lipinski definition) is 3. The molecule has 9 nitrogen and oxygen atoms in total. The summed E-state index contributed by atoms with van der Waals surface area (Å²) in [7, 11) is 1.63. The van der Waals surface area contributed by atoms with Crippen molar-refractivity contribution in [2.45, 2.75) is 32.9 Å². The van der Waals surface area contributed by atoms with Crippen LogP contribution < -0.4 is 16.4 Å². The first-order chi connectivity index (χ1) is 13.7.